The van der Waals surface area contributed by atoms with Crippen LogP contribution in [0.25, 0.3) is 10.9 Å². The zero-order valence-corrected chi connectivity index (χ0v) is 10.3. The first-order chi connectivity index (χ1) is 8.85. The molecule has 0 atom stereocenters. The van der Waals surface area contributed by atoms with E-state index in [2.05, 4.69) is 28.1 Å². The van der Waals surface area contributed by atoms with Gasteiger partial charge >= 0.3 is 0 Å². The van der Waals surface area contributed by atoms with E-state index in [9.17, 15) is 0 Å². The topological polar surface area (TPSA) is 39.9 Å². The van der Waals surface area contributed by atoms with E-state index >= 15 is 0 Å². The van der Waals surface area contributed by atoms with Gasteiger partial charge in [-0.25, -0.2) is 4.98 Å². The van der Waals surface area contributed by atoms with Crippen LogP contribution >= 0.6 is 0 Å². The van der Waals surface area contributed by atoms with E-state index in [4.69, 9.17) is 5.26 Å². The lowest BCUT2D eigenvalue weighted by Crippen LogP contribution is -2.18. The summed E-state index contributed by atoms with van der Waals surface area (Å²) in [6, 6.07) is 12.2. The number of nitrogens with zero attached hydrogens (tertiary/aromatic N) is 3. The van der Waals surface area contributed by atoms with Crippen LogP contribution in [0.4, 0.5) is 0 Å². The van der Waals surface area contributed by atoms with Gasteiger partial charge in [-0.05, 0) is 55.8 Å². The quantitative estimate of drug-likeness (QED) is 0.806. The molecule has 1 fully saturated rings. The third-order valence-corrected chi connectivity index (χ3v) is 3.47. The molecule has 0 aliphatic carbocycles. The molecule has 0 bridgehead atoms. The molecule has 1 saturated heterocycles. The van der Waals surface area contributed by atoms with Gasteiger partial charge < -0.3 is 0 Å². The first-order valence-corrected chi connectivity index (χ1v) is 6.37. The number of likely N-dealkylation sites (tertiary alicyclic amines) is 1. The molecule has 1 aliphatic heterocycles. The number of hydrogen-bond donors (Lipinski definition) is 0. The Bertz CT molecular complexity index is 607. The largest absolute Gasteiger partial charge is 0.299 e. The average Bonchev–Trinajstić information content (AvgIpc) is 2.91. The van der Waals surface area contributed by atoms with Crippen LogP contribution in [0.15, 0.2) is 30.3 Å². The van der Waals surface area contributed by atoms with Crippen LogP contribution in [0, 0.1) is 11.3 Å². The number of aromatic nitrogens is 1. The van der Waals surface area contributed by atoms with E-state index in [1.54, 1.807) is 6.07 Å². The Hall–Kier alpha value is -1.92. The first kappa shape index (κ1) is 11.2. The molecule has 0 N–H and O–H groups in total. The second-order valence-electron chi connectivity index (χ2n) is 4.82. The van der Waals surface area contributed by atoms with E-state index in [1.165, 1.54) is 31.5 Å². The lowest BCUT2D eigenvalue weighted by atomic mass is 10.1. The first-order valence-electron chi connectivity index (χ1n) is 6.37. The highest BCUT2D eigenvalue weighted by Gasteiger charge is 2.11. The van der Waals surface area contributed by atoms with Crippen molar-refractivity contribution in [3.63, 3.8) is 0 Å². The molecule has 3 heteroatoms. The number of pyridine rings is 1. The molecule has 3 nitrogen and oxygen atoms in total. The van der Waals surface area contributed by atoms with Gasteiger partial charge in [0.15, 0.2) is 0 Å². The molecule has 90 valence electrons. The summed E-state index contributed by atoms with van der Waals surface area (Å²) in [6.07, 6.45) is 2.64. The van der Waals surface area contributed by atoms with Gasteiger partial charge in [-0.1, -0.05) is 6.07 Å². The van der Waals surface area contributed by atoms with Crippen LogP contribution < -0.4 is 0 Å². The van der Waals surface area contributed by atoms with Crippen molar-refractivity contribution in [1.29, 1.82) is 5.26 Å². The molecule has 18 heavy (non-hydrogen) atoms. The minimum atomic E-state index is 0.481. The summed E-state index contributed by atoms with van der Waals surface area (Å²) in [5, 5.41) is 9.94. The fourth-order valence-corrected chi connectivity index (χ4v) is 2.53. The second kappa shape index (κ2) is 4.75. The van der Waals surface area contributed by atoms with Gasteiger partial charge in [-0.2, -0.15) is 5.26 Å². The Labute approximate surface area is 107 Å². The maximum atomic E-state index is 8.82. The molecule has 1 aromatic carbocycles. The van der Waals surface area contributed by atoms with E-state index in [0.29, 0.717) is 5.69 Å². The Morgan fingerprint density at radius 3 is 2.78 bits per heavy atom. The molecule has 0 unspecified atom stereocenters. The minimum absolute atomic E-state index is 0.481. The highest BCUT2D eigenvalue weighted by molar-refractivity contribution is 5.79. The third kappa shape index (κ3) is 2.20. The lowest BCUT2D eigenvalue weighted by molar-refractivity contribution is 0.331. The highest BCUT2D eigenvalue weighted by atomic mass is 15.1. The summed E-state index contributed by atoms with van der Waals surface area (Å²) in [7, 11) is 0. The fraction of sp³-hybridized carbons (Fsp3) is 0.333. The Morgan fingerprint density at radius 2 is 2.00 bits per heavy atom. The van der Waals surface area contributed by atoms with E-state index in [-0.39, 0.29) is 0 Å². The zero-order valence-electron chi connectivity index (χ0n) is 10.3. The summed E-state index contributed by atoms with van der Waals surface area (Å²) in [5.74, 6) is 0. The van der Waals surface area contributed by atoms with E-state index in [0.717, 1.165) is 17.4 Å². The predicted octanol–water partition coefficient (Wildman–Crippen LogP) is 2.70. The van der Waals surface area contributed by atoms with Gasteiger partial charge in [0.05, 0.1) is 5.52 Å². The molecule has 1 aromatic heterocycles. The van der Waals surface area contributed by atoms with Gasteiger partial charge in [0.2, 0.25) is 0 Å². The van der Waals surface area contributed by atoms with Crippen molar-refractivity contribution in [2.75, 3.05) is 13.1 Å². The van der Waals surface area contributed by atoms with Crippen LogP contribution in [-0.4, -0.2) is 23.0 Å². The van der Waals surface area contributed by atoms with Crippen molar-refractivity contribution in [3.05, 3.63) is 41.6 Å². The molecule has 2 heterocycles. The van der Waals surface area contributed by atoms with Crippen molar-refractivity contribution in [2.24, 2.45) is 0 Å². The monoisotopic (exact) mass is 237 g/mol. The maximum absolute atomic E-state index is 8.82. The molecule has 0 radical (unpaired) electrons. The van der Waals surface area contributed by atoms with Crippen LogP contribution in [0.3, 0.4) is 0 Å². The number of fused-ring (bicyclic) bond motifs is 1. The Balaban J connectivity index is 1.89. The molecule has 0 saturated carbocycles. The van der Waals surface area contributed by atoms with Crippen molar-refractivity contribution >= 4 is 10.9 Å². The SMILES string of the molecule is N#Cc1ccc2cc(CN3CCCC3)ccc2n1. The number of hydrogen-bond acceptors (Lipinski definition) is 3. The molecule has 2 aromatic rings. The van der Waals surface area contributed by atoms with E-state index < -0.39 is 0 Å². The van der Waals surface area contributed by atoms with Crippen LogP contribution in [-0.2, 0) is 6.54 Å². The van der Waals surface area contributed by atoms with Gasteiger partial charge in [-0.3, -0.25) is 4.90 Å². The molecule has 0 spiro atoms. The predicted molar refractivity (Wildman–Crippen MR) is 71.0 cm³/mol. The van der Waals surface area contributed by atoms with Gasteiger partial charge in [0.25, 0.3) is 0 Å². The second-order valence-corrected chi connectivity index (χ2v) is 4.82. The molecular formula is C15H15N3. The number of benzene rings is 1. The summed E-state index contributed by atoms with van der Waals surface area (Å²) in [6.45, 7) is 3.45. The van der Waals surface area contributed by atoms with E-state index in [1.807, 2.05) is 12.1 Å². The van der Waals surface area contributed by atoms with Crippen molar-refractivity contribution in [2.45, 2.75) is 19.4 Å². The summed E-state index contributed by atoms with van der Waals surface area (Å²) in [5.41, 5.74) is 2.71. The zero-order chi connectivity index (χ0) is 12.4. The lowest BCUT2D eigenvalue weighted by Gasteiger charge is -2.14. The number of nitriles is 1. The molecular weight excluding hydrogens is 222 g/mol. The number of rotatable bonds is 2. The minimum Gasteiger partial charge on any atom is -0.299 e. The Kier molecular flexibility index (Phi) is 2.95. The third-order valence-electron chi connectivity index (χ3n) is 3.47. The summed E-state index contributed by atoms with van der Waals surface area (Å²) >= 11 is 0. The highest BCUT2D eigenvalue weighted by Crippen LogP contribution is 2.18. The van der Waals surface area contributed by atoms with Crippen molar-refractivity contribution in [1.82, 2.24) is 9.88 Å². The Morgan fingerprint density at radius 1 is 1.17 bits per heavy atom. The summed E-state index contributed by atoms with van der Waals surface area (Å²) in [4.78, 5) is 6.78. The molecule has 1 aliphatic rings. The van der Waals surface area contributed by atoms with Crippen LogP contribution in [0.5, 0.6) is 0 Å². The molecule has 3 rings (SSSR count). The van der Waals surface area contributed by atoms with Crippen molar-refractivity contribution < 1.29 is 0 Å². The van der Waals surface area contributed by atoms with Gasteiger partial charge in [-0.15, -0.1) is 0 Å². The standard InChI is InChI=1S/C15H15N3/c16-10-14-5-4-13-9-12(3-6-15(13)17-14)11-18-7-1-2-8-18/h3-6,9H,1-2,7-8,11H2. The van der Waals surface area contributed by atoms with Crippen LogP contribution in [0.1, 0.15) is 24.1 Å². The average molecular weight is 237 g/mol. The normalized spacial score (nSPS) is 15.9. The summed E-state index contributed by atoms with van der Waals surface area (Å²) < 4.78 is 0. The molecule has 0 amide bonds. The van der Waals surface area contributed by atoms with Crippen LogP contribution in [0.2, 0.25) is 0 Å². The van der Waals surface area contributed by atoms with Gasteiger partial charge in [0, 0.05) is 11.9 Å². The smallest absolute Gasteiger partial charge is 0.141 e. The fourth-order valence-electron chi connectivity index (χ4n) is 2.53. The van der Waals surface area contributed by atoms with Gasteiger partial charge in [0.1, 0.15) is 11.8 Å². The maximum Gasteiger partial charge on any atom is 0.141 e. The van der Waals surface area contributed by atoms with Crippen molar-refractivity contribution in [3.8, 4) is 6.07 Å².